The van der Waals surface area contributed by atoms with Gasteiger partial charge in [-0.3, -0.25) is 19.2 Å². The Morgan fingerprint density at radius 2 is 1.15 bits per heavy atom. The maximum absolute atomic E-state index is 11.9. The lowest BCUT2D eigenvalue weighted by molar-refractivity contribution is -0.180. The molecule has 26 heavy (non-hydrogen) atoms. The van der Waals surface area contributed by atoms with E-state index >= 15 is 0 Å². The number of carbonyl (C=O) groups excluding carboxylic acids is 4. The first-order valence-electron chi connectivity index (χ1n) is 8.45. The molecule has 0 aromatic rings. The van der Waals surface area contributed by atoms with Crippen molar-refractivity contribution < 1.29 is 38.1 Å². The van der Waals surface area contributed by atoms with Gasteiger partial charge in [0.25, 0.3) is 0 Å². The van der Waals surface area contributed by atoms with Crippen LogP contribution in [0.5, 0.6) is 0 Å². The zero-order valence-corrected chi connectivity index (χ0v) is 16.7. The maximum atomic E-state index is 11.9. The highest BCUT2D eigenvalue weighted by Crippen LogP contribution is 2.17. The van der Waals surface area contributed by atoms with Crippen molar-refractivity contribution in [2.45, 2.75) is 61.3 Å². The van der Waals surface area contributed by atoms with Crippen LogP contribution in [0, 0.1) is 16.7 Å². The van der Waals surface area contributed by atoms with E-state index in [4.69, 9.17) is 18.9 Å². The summed E-state index contributed by atoms with van der Waals surface area (Å²) in [6, 6.07) is 0. The average molecular weight is 374 g/mol. The van der Waals surface area contributed by atoms with E-state index in [1.54, 1.807) is 48.5 Å². The minimum Gasteiger partial charge on any atom is -0.428 e. The average Bonchev–Trinajstić information content (AvgIpc) is 2.50. The quantitative estimate of drug-likeness (QED) is 0.471. The number of esters is 4. The maximum Gasteiger partial charge on any atom is 0.314 e. The molecule has 1 unspecified atom stereocenters. The molecule has 0 fully saturated rings. The second-order valence-electron chi connectivity index (χ2n) is 7.89. The lowest BCUT2D eigenvalue weighted by Gasteiger charge is -2.18. The van der Waals surface area contributed by atoms with Crippen LogP contribution in [0.1, 0.15) is 61.3 Å². The van der Waals surface area contributed by atoms with Gasteiger partial charge in [0, 0.05) is 0 Å². The van der Waals surface area contributed by atoms with Crippen molar-refractivity contribution in [1.29, 1.82) is 0 Å². The predicted octanol–water partition coefficient (Wildman–Crippen LogP) is 2.58. The normalized spacial score (nSPS) is 12.7. The van der Waals surface area contributed by atoms with E-state index in [9.17, 15) is 19.2 Å². The lowest BCUT2D eigenvalue weighted by atomic mass is 9.97. The summed E-state index contributed by atoms with van der Waals surface area (Å²) in [5.74, 6) is -3.11. The number of ether oxygens (including phenoxy) is 4. The first-order chi connectivity index (χ1) is 11.8. The van der Waals surface area contributed by atoms with Crippen LogP contribution in [-0.2, 0) is 38.1 Å². The Hall–Kier alpha value is -2.12. The number of carbonyl (C=O) groups is 4. The Morgan fingerprint density at radius 3 is 1.54 bits per heavy atom. The van der Waals surface area contributed by atoms with Crippen LogP contribution in [0.3, 0.4) is 0 Å². The molecule has 0 saturated carbocycles. The number of rotatable bonds is 8. The first kappa shape index (κ1) is 23.9. The van der Waals surface area contributed by atoms with E-state index in [-0.39, 0.29) is 6.42 Å². The van der Waals surface area contributed by atoms with Crippen molar-refractivity contribution in [3.8, 4) is 0 Å². The lowest BCUT2D eigenvalue weighted by Crippen LogP contribution is -2.28. The van der Waals surface area contributed by atoms with Gasteiger partial charge in [0.2, 0.25) is 13.6 Å². The van der Waals surface area contributed by atoms with Crippen LogP contribution in [0.15, 0.2) is 0 Å². The van der Waals surface area contributed by atoms with Gasteiger partial charge in [-0.05, 0) is 48.0 Å². The molecule has 0 amide bonds. The van der Waals surface area contributed by atoms with Gasteiger partial charge >= 0.3 is 23.9 Å². The Labute approximate surface area is 154 Å². The van der Waals surface area contributed by atoms with Gasteiger partial charge in [-0.15, -0.1) is 0 Å². The van der Waals surface area contributed by atoms with E-state index in [1.165, 1.54) is 0 Å². The van der Waals surface area contributed by atoms with E-state index in [1.807, 2.05) is 0 Å². The van der Waals surface area contributed by atoms with Crippen LogP contribution in [-0.4, -0.2) is 37.5 Å². The van der Waals surface area contributed by atoms with E-state index in [0.717, 1.165) is 0 Å². The highest BCUT2D eigenvalue weighted by molar-refractivity contribution is 5.80. The SMILES string of the molecule is CCC(CC(=O)OCOC(=O)C(C)(C)C)C(=O)OCOC(=O)C(C)(C)C. The van der Waals surface area contributed by atoms with Crippen LogP contribution in [0.25, 0.3) is 0 Å². The summed E-state index contributed by atoms with van der Waals surface area (Å²) in [6.07, 6.45) is 0.110. The molecule has 150 valence electrons. The highest BCUT2D eigenvalue weighted by Gasteiger charge is 2.26. The molecule has 0 aliphatic rings. The van der Waals surface area contributed by atoms with Crippen molar-refractivity contribution in [2.75, 3.05) is 13.6 Å². The van der Waals surface area contributed by atoms with E-state index in [0.29, 0.717) is 6.42 Å². The fourth-order valence-electron chi connectivity index (χ4n) is 1.50. The van der Waals surface area contributed by atoms with E-state index < -0.39 is 54.2 Å². The van der Waals surface area contributed by atoms with Crippen molar-refractivity contribution in [2.24, 2.45) is 16.7 Å². The van der Waals surface area contributed by atoms with Crippen molar-refractivity contribution >= 4 is 23.9 Å². The molecule has 0 saturated heterocycles. The third kappa shape index (κ3) is 9.39. The van der Waals surface area contributed by atoms with Gasteiger partial charge < -0.3 is 18.9 Å². The summed E-state index contributed by atoms with van der Waals surface area (Å²) in [5, 5.41) is 0. The molecule has 8 nitrogen and oxygen atoms in total. The number of hydrogen-bond donors (Lipinski definition) is 0. The fourth-order valence-corrected chi connectivity index (χ4v) is 1.50. The molecule has 0 aliphatic carbocycles. The topological polar surface area (TPSA) is 105 Å². The molecule has 0 aliphatic heterocycles. The van der Waals surface area contributed by atoms with Gasteiger partial charge in [-0.2, -0.15) is 0 Å². The summed E-state index contributed by atoms with van der Waals surface area (Å²) in [5.41, 5.74) is -1.41. The Balaban J connectivity index is 4.27. The van der Waals surface area contributed by atoms with Gasteiger partial charge in [-0.1, -0.05) is 6.92 Å². The van der Waals surface area contributed by atoms with Crippen molar-refractivity contribution in [3.05, 3.63) is 0 Å². The molecular weight excluding hydrogens is 344 g/mol. The summed E-state index contributed by atoms with van der Waals surface area (Å²) in [6.45, 7) is 10.7. The molecule has 8 heteroatoms. The fraction of sp³-hybridized carbons (Fsp3) is 0.778. The van der Waals surface area contributed by atoms with Gasteiger partial charge in [0.15, 0.2) is 0 Å². The molecule has 1 atom stereocenters. The summed E-state index contributed by atoms with van der Waals surface area (Å²) >= 11 is 0. The first-order valence-corrected chi connectivity index (χ1v) is 8.45. The monoisotopic (exact) mass is 374 g/mol. The van der Waals surface area contributed by atoms with Crippen LogP contribution >= 0.6 is 0 Å². The van der Waals surface area contributed by atoms with Gasteiger partial charge in [0.1, 0.15) is 0 Å². The molecule has 0 N–H and O–H groups in total. The third-order valence-corrected chi connectivity index (χ3v) is 3.27. The smallest absolute Gasteiger partial charge is 0.314 e. The zero-order valence-electron chi connectivity index (χ0n) is 16.7. The molecule has 0 aromatic heterocycles. The van der Waals surface area contributed by atoms with E-state index in [2.05, 4.69) is 0 Å². The summed E-state index contributed by atoms with van der Waals surface area (Å²) in [7, 11) is 0. The molecule has 0 rings (SSSR count). The summed E-state index contributed by atoms with van der Waals surface area (Å²) in [4.78, 5) is 46.8. The van der Waals surface area contributed by atoms with Crippen LogP contribution in [0.2, 0.25) is 0 Å². The minimum absolute atomic E-state index is 0.227. The Morgan fingerprint density at radius 1 is 0.731 bits per heavy atom. The van der Waals surface area contributed by atoms with Crippen LogP contribution < -0.4 is 0 Å². The zero-order chi connectivity index (χ0) is 20.5. The highest BCUT2D eigenvalue weighted by atomic mass is 16.7. The number of hydrogen-bond acceptors (Lipinski definition) is 8. The molecule has 0 spiro atoms. The molecule has 0 bridgehead atoms. The Kier molecular flexibility index (Phi) is 9.31. The molecule has 0 radical (unpaired) electrons. The molecular formula is C18H30O8. The molecule has 0 heterocycles. The second-order valence-corrected chi connectivity index (χ2v) is 7.89. The largest absolute Gasteiger partial charge is 0.428 e. The third-order valence-electron chi connectivity index (χ3n) is 3.27. The second kappa shape index (κ2) is 10.1. The van der Waals surface area contributed by atoms with Gasteiger partial charge in [-0.25, -0.2) is 0 Å². The van der Waals surface area contributed by atoms with Crippen LogP contribution in [0.4, 0.5) is 0 Å². The Bertz CT molecular complexity index is 510. The minimum atomic E-state index is -0.742. The van der Waals surface area contributed by atoms with Gasteiger partial charge in [0.05, 0.1) is 23.2 Å². The standard InChI is InChI=1S/C18H30O8/c1-8-12(14(20)24-11-26-16(22)18(5,6)7)9-13(19)23-10-25-15(21)17(2,3)4/h12H,8-11H2,1-7H3. The molecule has 0 aromatic carbocycles. The summed E-state index contributed by atoms with van der Waals surface area (Å²) < 4.78 is 19.3. The van der Waals surface area contributed by atoms with Crippen molar-refractivity contribution in [1.82, 2.24) is 0 Å². The predicted molar refractivity (Wildman–Crippen MR) is 91.4 cm³/mol. The van der Waals surface area contributed by atoms with Crippen molar-refractivity contribution in [3.63, 3.8) is 0 Å².